The molecule has 4 nitrogen and oxygen atoms in total. The van der Waals surface area contributed by atoms with Crippen LogP contribution in [0.2, 0.25) is 0 Å². The lowest BCUT2D eigenvalue weighted by Gasteiger charge is -2.24. The molecule has 0 bridgehead atoms. The molecule has 90 valence electrons. The molecule has 1 atom stereocenters. The lowest BCUT2D eigenvalue weighted by atomic mass is 9.86. The zero-order chi connectivity index (χ0) is 11.4. The Morgan fingerprint density at radius 3 is 2.44 bits per heavy atom. The molecular formula is C12H21N3O. The van der Waals surface area contributed by atoms with Gasteiger partial charge < -0.3 is 5.11 Å². The fraction of sp³-hybridized carbons (Fsp3) is 0.833. The van der Waals surface area contributed by atoms with E-state index in [2.05, 4.69) is 10.3 Å². The Hall–Kier alpha value is -0.900. The van der Waals surface area contributed by atoms with Gasteiger partial charge in [-0.15, -0.1) is 5.10 Å². The molecule has 1 unspecified atom stereocenters. The highest BCUT2D eigenvalue weighted by atomic mass is 16.3. The monoisotopic (exact) mass is 223 g/mol. The molecule has 1 fully saturated rings. The summed E-state index contributed by atoms with van der Waals surface area (Å²) in [6.45, 7) is 0. The van der Waals surface area contributed by atoms with Crippen molar-refractivity contribution in [2.45, 2.75) is 51.0 Å². The van der Waals surface area contributed by atoms with E-state index in [1.165, 1.54) is 32.1 Å². The van der Waals surface area contributed by atoms with Crippen molar-refractivity contribution in [1.82, 2.24) is 15.0 Å². The SMILES string of the molecule is Cn1nncc1C(O)C1CCCCCCC1. The van der Waals surface area contributed by atoms with E-state index in [9.17, 15) is 5.11 Å². The van der Waals surface area contributed by atoms with Crippen molar-refractivity contribution in [3.8, 4) is 0 Å². The van der Waals surface area contributed by atoms with Crippen molar-refractivity contribution in [3.05, 3.63) is 11.9 Å². The predicted octanol–water partition coefficient (Wildman–Crippen LogP) is 2.21. The van der Waals surface area contributed by atoms with Gasteiger partial charge in [0.25, 0.3) is 0 Å². The van der Waals surface area contributed by atoms with Gasteiger partial charge in [-0.3, -0.25) is 0 Å². The van der Waals surface area contributed by atoms with Crippen LogP contribution in [-0.4, -0.2) is 20.1 Å². The van der Waals surface area contributed by atoms with Crippen LogP contribution < -0.4 is 0 Å². The Morgan fingerprint density at radius 2 is 1.88 bits per heavy atom. The van der Waals surface area contributed by atoms with Gasteiger partial charge in [-0.25, -0.2) is 4.68 Å². The largest absolute Gasteiger partial charge is 0.386 e. The first-order chi connectivity index (χ1) is 7.79. The molecule has 1 aromatic heterocycles. The lowest BCUT2D eigenvalue weighted by molar-refractivity contribution is 0.0839. The van der Waals surface area contributed by atoms with Crippen molar-refractivity contribution in [2.75, 3.05) is 0 Å². The molecule has 0 amide bonds. The smallest absolute Gasteiger partial charge is 0.100 e. The second-order valence-corrected chi connectivity index (χ2v) is 4.83. The highest BCUT2D eigenvalue weighted by Crippen LogP contribution is 2.32. The van der Waals surface area contributed by atoms with Crippen LogP contribution in [-0.2, 0) is 7.05 Å². The third kappa shape index (κ3) is 2.61. The van der Waals surface area contributed by atoms with E-state index >= 15 is 0 Å². The van der Waals surface area contributed by atoms with E-state index in [1.54, 1.807) is 10.9 Å². The molecule has 1 N–H and O–H groups in total. The molecule has 16 heavy (non-hydrogen) atoms. The fourth-order valence-corrected chi connectivity index (χ4v) is 2.61. The molecule has 1 heterocycles. The van der Waals surface area contributed by atoms with Crippen molar-refractivity contribution in [1.29, 1.82) is 0 Å². The maximum Gasteiger partial charge on any atom is 0.100 e. The van der Waals surface area contributed by atoms with Gasteiger partial charge in [-0.2, -0.15) is 0 Å². The first-order valence-electron chi connectivity index (χ1n) is 6.31. The Bertz CT molecular complexity index is 316. The minimum absolute atomic E-state index is 0.387. The van der Waals surface area contributed by atoms with Gasteiger partial charge in [0.1, 0.15) is 6.10 Å². The summed E-state index contributed by atoms with van der Waals surface area (Å²) in [5.41, 5.74) is 0.852. The number of aliphatic hydroxyl groups excluding tert-OH is 1. The normalized spacial score (nSPS) is 21.4. The quantitative estimate of drug-likeness (QED) is 0.836. The standard InChI is InChI=1S/C12H21N3O/c1-15-11(9-13-14-15)12(16)10-7-5-3-2-4-6-8-10/h9-10,12,16H,2-8H2,1H3. The van der Waals surface area contributed by atoms with E-state index in [0.717, 1.165) is 18.5 Å². The summed E-state index contributed by atoms with van der Waals surface area (Å²) >= 11 is 0. The minimum Gasteiger partial charge on any atom is -0.386 e. The van der Waals surface area contributed by atoms with Gasteiger partial charge in [-0.05, 0) is 18.8 Å². The Balaban J connectivity index is 2.02. The van der Waals surface area contributed by atoms with Gasteiger partial charge in [0.2, 0.25) is 0 Å². The third-order valence-corrected chi connectivity index (χ3v) is 3.65. The van der Waals surface area contributed by atoms with Crippen LogP contribution in [0.1, 0.15) is 56.7 Å². The van der Waals surface area contributed by atoms with E-state index in [0.29, 0.717) is 5.92 Å². The summed E-state index contributed by atoms with van der Waals surface area (Å²) in [6.07, 6.45) is 10.0. The minimum atomic E-state index is -0.391. The molecule has 0 saturated heterocycles. The summed E-state index contributed by atoms with van der Waals surface area (Å²) in [5.74, 6) is 0.387. The second kappa shape index (κ2) is 5.43. The third-order valence-electron chi connectivity index (χ3n) is 3.65. The Morgan fingerprint density at radius 1 is 1.25 bits per heavy atom. The van der Waals surface area contributed by atoms with Crippen molar-refractivity contribution >= 4 is 0 Å². The summed E-state index contributed by atoms with van der Waals surface area (Å²) in [6, 6.07) is 0. The average Bonchev–Trinajstić information content (AvgIpc) is 2.63. The first kappa shape index (κ1) is 11.6. The molecule has 1 aliphatic carbocycles. The number of hydrogen-bond acceptors (Lipinski definition) is 3. The molecule has 1 aliphatic rings. The van der Waals surface area contributed by atoms with E-state index < -0.39 is 6.10 Å². The first-order valence-corrected chi connectivity index (χ1v) is 6.31. The molecule has 1 saturated carbocycles. The number of hydrogen-bond donors (Lipinski definition) is 1. The maximum atomic E-state index is 10.3. The predicted molar refractivity (Wildman–Crippen MR) is 61.8 cm³/mol. The highest BCUT2D eigenvalue weighted by molar-refractivity contribution is 5.00. The van der Waals surface area contributed by atoms with Gasteiger partial charge in [0.05, 0.1) is 11.9 Å². The van der Waals surface area contributed by atoms with E-state index in [4.69, 9.17) is 0 Å². The van der Waals surface area contributed by atoms with Crippen LogP contribution >= 0.6 is 0 Å². The fourth-order valence-electron chi connectivity index (χ4n) is 2.61. The van der Waals surface area contributed by atoms with Gasteiger partial charge >= 0.3 is 0 Å². The summed E-state index contributed by atoms with van der Waals surface area (Å²) in [5, 5.41) is 18.0. The van der Waals surface area contributed by atoms with E-state index in [1.807, 2.05) is 7.05 Å². The number of nitrogens with zero attached hydrogens (tertiary/aromatic N) is 3. The Kier molecular flexibility index (Phi) is 3.93. The maximum absolute atomic E-state index is 10.3. The number of aryl methyl sites for hydroxylation is 1. The van der Waals surface area contributed by atoms with Gasteiger partial charge in [-0.1, -0.05) is 37.3 Å². The topological polar surface area (TPSA) is 50.9 Å². The van der Waals surface area contributed by atoms with Gasteiger partial charge in [0.15, 0.2) is 0 Å². The molecular weight excluding hydrogens is 202 g/mol. The average molecular weight is 223 g/mol. The lowest BCUT2D eigenvalue weighted by Crippen LogP contribution is -2.17. The zero-order valence-electron chi connectivity index (χ0n) is 9.97. The van der Waals surface area contributed by atoms with Crippen LogP contribution in [0, 0.1) is 5.92 Å². The van der Waals surface area contributed by atoms with Crippen LogP contribution in [0.15, 0.2) is 6.20 Å². The molecule has 0 radical (unpaired) electrons. The number of aromatic nitrogens is 3. The van der Waals surface area contributed by atoms with Crippen LogP contribution in [0.25, 0.3) is 0 Å². The molecule has 0 spiro atoms. The molecule has 2 rings (SSSR count). The van der Waals surface area contributed by atoms with Crippen LogP contribution in [0.3, 0.4) is 0 Å². The second-order valence-electron chi connectivity index (χ2n) is 4.83. The van der Waals surface area contributed by atoms with Crippen molar-refractivity contribution in [3.63, 3.8) is 0 Å². The molecule has 4 heteroatoms. The van der Waals surface area contributed by atoms with E-state index in [-0.39, 0.29) is 0 Å². The van der Waals surface area contributed by atoms with Crippen molar-refractivity contribution in [2.24, 2.45) is 13.0 Å². The summed E-state index contributed by atoms with van der Waals surface area (Å²) in [7, 11) is 1.84. The number of aliphatic hydroxyl groups is 1. The van der Waals surface area contributed by atoms with Gasteiger partial charge in [0, 0.05) is 7.05 Å². The summed E-state index contributed by atoms with van der Waals surface area (Å²) in [4.78, 5) is 0. The summed E-state index contributed by atoms with van der Waals surface area (Å²) < 4.78 is 1.68. The van der Waals surface area contributed by atoms with Crippen LogP contribution in [0.5, 0.6) is 0 Å². The highest BCUT2D eigenvalue weighted by Gasteiger charge is 2.23. The van der Waals surface area contributed by atoms with Crippen molar-refractivity contribution < 1.29 is 5.11 Å². The molecule has 0 aliphatic heterocycles. The number of rotatable bonds is 2. The molecule has 1 aromatic rings. The molecule has 0 aromatic carbocycles. The van der Waals surface area contributed by atoms with Crippen LogP contribution in [0.4, 0.5) is 0 Å². The zero-order valence-corrected chi connectivity index (χ0v) is 9.97. The Labute approximate surface area is 96.7 Å².